The maximum atomic E-state index is 6.37. The highest BCUT2D eigenvalue weighted by Crippen LogP contribution is 2.25. The van der Waals surface area contributed by atoms with E-state index in [1.807, 2.05) is 6.92 Å². The van der Waals surface area contributed by atoms with E-state index in [4.69, 9.17) is 9.16 Å². The Labute approximate surface area is 117 Å². The monoisotopic (exact) mass is 324 g/mol. The summed E-state index contributed by atoms with van der Waals surface area (Å²) in [4.78, 5) is 0. The summed E-state index contributed by atoms with van der Waals surface area (Å²) < 4.78 is 12.1. The predicted molar refractivity (Wildman–Crippen MR) is 81.3 cm³/mol. The van der Waals surface area contributed by atoms with Gasteiger partial charge in [-0.05, 0) is 44.3 Å². The molecule has 0 aromatic heterocycles. The third-order valence-electron chi connectivity index (χ3n) is 3.49. The largest absolute Gasteiger partial charge is 0.392 e. The van der Waals surface area contributed by atoms with Crippen LogP contribution < -0.4 is 0 Å². The van der Waals surface area contributed by atoms with Crippen molar-refractivity contribution in [1.29, 1.82) is 0 Å². The van der Waals surface area contributed by atoms with Crippen LogP contribution in [0.4, 0.5) is 0 Å². The maximum absolute atomic E-state index is 6.37. The number of unbranched alkanes of at least 4 members (excludes halogenated alkanes) is 1. The second kappa shape index (κ2) is 10.5. The molecule has 1 atom stereocenters. The Morgan fingerprint density at radius 1 is 1.00 bits per heavy atom. The van der Waals surface area contributed by atoms with Gasteiger partial charge in [0.15, 0.2) is 8.32 Å². The van der Waals surface area contributed by atoms with E-state index in [0.717, 1.165) is 18.4 Å². The Kier molecular flexibility index (Phi) is 10.9. The van der Waals surface area contributed by atoms with Gasteiger partial charge in [0, 0.05) is 11.9 Å². The maximum Gasteiger partial charge on any atom is 0.195 e. The van der Waals surface area contributed by atoms with Gasteiger partial charge in [-0.25, -0.2) is 0 Å². The zero-order valence-corrected chi connectivity index (χ0v) is 14.5. The quantitative estimate of drug-likeness (QED) is 0.232. The Balaban J connectivity index is 4.27. The van der Waals surface area contributed by atoms with Gasteiger partial charge in [-0.1, -0.05) is 36.7 Å². The van der Waals surface area contributed by atoms with E-state index in [1.165, 1.54) is 31.0 Å². The molecule has 0 bridgehead atoms. The van der Waals surface area contributed by atoms with E-state index in [2.05, 4.69) is 36.7 Å². The minimum atomic E-state index is -1.51. The molecule has 0 rings (SSSR count). The van der Waals surface area contributed by atoms with E-state index >= 15 is 0 Å². The van der Waals surface area contributed by atoms with Gasteiger partial charge in [-0.3, -0.25) is 0 Å². The first-order valence-corrected chi connectivity index (χ1v) is 10.7. The van der Waals surface area contributed by atoms with Gasteiger partial charge in [0.25, 0.3) is 0 Å². The van der Waals surface area contributed by atoms with Gasteiger partial charge in [-0.15, -0.1) is 0 Å². The zero-order valence-electron chi connectivity index (χ0n) is 11.9. The van der Waals surface area contributed by atoms with Crippen LogP contribution in [0.25, 0.3) is 0 Å². The molecule has 0 spiro atoms. The van der Waals surface area contributed by atoms with E-state index in [-0.39, 0.29) is 6.29 Å². The highest BCUT2D eigenvalue weighted by molar-refractivity contribution is 9.09. The standard InChI is InChI=1S/C13H29BrO2Si/c1-5-15-13(11-9-10-12-14)16-17(6-2,7-3)8-4/h13H,5-12H2,1-4H3. The van der Waals surface area contributed by atoms with Crippen LogP contribution in [0.15, 0.2) is 0 Å². The molecular formula is C13H29BrO2Si. The molecule has 104 valence electrons. The molecule has 0 radical (unpaired) electrons. The number of rotatable bonds is 11. The lowest BCUT2D eigenvalue weighted by molar-refractivity contribution is -0.0879. The van der Waals surface area contributed by atoms with Crippen LogP contribution >= 0.6 is 15.9 Å². The summed E-state index contributed by atoms with van der Waals surface area (Å²) in [5, 5.41) is 1.07. The van der Waals surface area contributed by atoms with Crippen LogP contribution in [0.5, 0.6) is 0 Å². The Bertz CT molecular complexity index is 167. The highest BCUT2D eigenvalue weighted by Gasteiger charge is 2.32. The summed E-state index contributed by atoms with van der Waals surface area (Å²) in [5.41, 5.74) is 0. The number of hydrogen-bond donors (Lipinski definition) is 0. The Morgan fingerprint density at radius 3 is 2.00 bits per heavy atom. The van der Waals surface area contributed by atoms with Gasteiger partial charge in [0.1, 0.15) is 6.29 Å². The molecule has 0 fully saturated rings. The summed E-state index contributed by atoms with van der Waals surface area (Å²) in [5.74, 6) is 0. The normalized spacial score (nSPS) is 13.9. The van der Waals surface area contributed by atoms with Crippen LogP contribution in [0, 0.1) is 0 Å². The molecule has 0 saturated heterocycles. The molecule has 0 aliphatic rings. The van der Waals surface area contributed by atoms with Crippen molar-refractivity contribution in [2.24, 2.45) is 0 Å². The number of halogens is 1. The lowest BCUT2D eigenvalue weighted by Crippen LogP contribution is -2.40. The highest BCUT2D eigenvalue weighted by atomic mass is 79.9. The van der Waals surface area contributed by atoms with E-state index in [0.29, 0.717) is 0 Å². The molecule has 0 aromatic rings. The predicted octanol–water partition coefficient (Wildman–Crippen LogP) is 4.94. The lowest BCUT2D eigenvalue weighted by atomic mass is 10.2. The molecule has 1 unspecified atom stereocenters. The first-order valence-electron chi connectivity index (χ1n) is 7.03. The van der Waals surface area contributed by atoms with Crippen LogP contribution in [0.1, 0.15) is 47.0 Å². The molecule has 0 amide bonds. The fourth-order valence-electron chi connectivity index (χ4n) is 2.05. The van der Waals surface area contributed by atoms with Crippen molar-refractivity contribution in [3.8, 4) is 0 Å². The molecule has 0 heterocycles. The summed E-state index contributed by atoms with van der Waals surface area (Å²) in [7, 11) is -1.51. The van der Waals surface area contributed by atoms with Gasteiger partial charge in [-0.2, -0.15) is 0 Å². The molecule has 0 aliphatic carbocycles. The molecule has 0 aliphatic heterocycles. The van der Waals surface area contributed by atoms with Gasteiger partial charge >= 0.3 is 0 Å². The van der Waals surface area contributed by atoms with Crippen molar-refractivity contribution < 1.29 is 9.16 Å². The van der Waals surface area contributed by atoms with E-state index in [9.17, 15) is 0 Å². The first-order chi connectivity index (χ1) is 8.17. The topological polar surface area (TPSA) is 18.5 Å². The molecule has 2 nitrogen and oxygen atoms in total. The fraction of sp³-hybridized carbons (Fsp3) is 1.00. The first kappa shape index (κ1) is 17.6. The van der Waals surface area contributed by atoms with Gasteiger partial charge in [0.2, 0.25) is 0 Å². The van der Waals surface area contributed by atoms with Crippen molar-refractivity contribution in [2.75, 3.05) is 11.9 Å². The van der Waals surface area contributed by atoms with E-state index in [1.54, 1.807) is 0 Å². The third-order valence-corrected chi connectivity index (χ3v) is 8.68. The average Bonchev–Trinajstić information content (AvgIpc) is 2.36. The second-order valence-corrected chi connectivity index (χ2v) is 9.95. The summed E-state index contributed by atoms with van der Waals surface area (Å²) in [6.45, 7) is 9.59. The lowest BCUT2D eigenvalue weighted by Gasteiger charge is -2.33. The van der Waals surface area contributed by atoms with Crippen molar-refractivity contribution >= 4 is 24.2 Å². The molecule has 0 saturated carbocycles. The Morgan fingerprint density at radius 2 is 1.59 bits per heavy atom. The van der Waals surface area contributed by atoms with Crippen LogP contribution in [0.3, 0.4) is 0 Å². The van der Waals surface area contributed by atoms with Crippen molar-refractivity contribution in [2.45, 2.75) is 71.4 Å². The van der Waals surface area contributed by atoms with Crippen molar-refractivity contribution in [1.82, 2.24) is 0 Å². The Hall–Kier alpha value is 0.617. The summed E-state index contributed by atoms with van der Waals surface area (Å²) in [6.07, 6.45) is 3.45. The number of ether oxygens (including phenoxy) is 1. The van der Waals surface area contributed by atoms with E-state index < -0.39 is 8.32 Å². The minimum absolute atomic E-state index is 0.0329. The SMILES string of the molecule is CCOC(CCCCBr)O[Si](CC)(CC)CC. The third kappa shape index (κ3) is 6.94. The van der Waals surface area contributed by atoms with Crippen molar-refractivity contribution in [3.05, 3.63) is 0 Å². The van der Waals surface area contributed by atoms with Crippen LogP contribution in [0.2, 0.25) is 18.1 Å². The molecule has 17 heavy (non-hydrogen) atoms. The summed E-state index contributed by atoms with van der Waals surface area (Å²) >= 11 is 3.47. The van der Waals surface area contributed by atoms with Crippen LogP contribution in [-0.4, -0.2) is 26.5 Å². The van der Waals surface area contributed by atoms with Crippen molar-refractivity contribution in [3.63, 3.8) is 0 Å². The fourth-order valence-corrected chi connectivity index (χ4v) is 5.19. The summed E-state index contributed by atoms with van der Waals surface area (Å²) in [6, 6.07) is 3.59. The molecule has 0 N–H and O–H groups in total. The minimum Gasteiger partial charge on any atom is -0.392 e. The van der Waals surface area contributed by atoms with Crippen LogP contribution in [-0.2, 0) is 9.16 Å². The zero-order chi connectivity index (χ0) is 13.1. The van der Waals surface area contributed by atoms with Gasteiger partial charge < -0.3 is 9.16 Å². The molecule has 4 heteroatoms. The molecule has 0 aromatic carbocycles. The number of hydrogen-bond acceptors (Lipinski definition) is 2. The number of alkyl halides is 1. The van der Waals surface area contributed by atoms with Gasteiger partial charge in [0.05, 0.1) is 0 Å². The smallest absolute Gasteiger partial charge is 0.195 e. The second-order valence-electron chi connectivity index (χ2n) is 4.43. The average molecular weight is 325 g/mol. The molecular weight excluding hydrogens is 296 g/mol.